The van der Waals surface area contributed by atoms with E-state index in [0.29, 0.717) is 0 Å². The second-order valence-electron chi connectivity index (χ2n) is 4.27. The van der Waals surface area contributed by atoms with Gasteiger partial charge in [-0.3, -0.25) is 0 Å². The Morgan fingerprint density at radius 1 is 1.17 bits per heavy atom. The van der Waals surface area contributed by atoms with Gasteiger partial charge in [0.05, 0.1) is 11.9 Å². The van der Waals surface area contributed by atoms with Gasteiger partial charge in [0.25, 0.3) is 0 Å². The van der Waals surface area contributed by atoms with Crippen LogP contribution in [0.3, 0.4) is 0 Å². The van der Waals surface area contributed by atoms with Gasteiger partial charge in [-0.2, -0.15) is 0 Å². The zero-order chi connectivity index (χ0) is 12.5. The predicted molar refractivity (Wildman–Crippen MR) is 72.7 cm³/mol. The number of hydrogen-bond donors (Lipinski definition) is 1. The maximum Gasteiger partial charge on any atom is 0.154 e. The van der Waals surface area contributed by atoms with E-state index < -0.39 is 0 Å². The third-order valence-electron chi connectivity index (χ3n) is 2.89. The summed E-state index contributed by atoms with van der Waals surface area (Å²) in [6, 6.07) is 12.2. The minimum atomic E-state index is 0.829. The monoisotopic (exact) mass is 238 g/mol. The Bertz CT molecular complexity index is 700. The van der Waals surface area contributed by atoms with Gasteiger partial charge in [-0.25, -0.2) is 9.50 Å². The molecule has 1 aromatic carbocycles. The molecule has 0 amide bonds. The average molecular weight is 238 g/mol. The predicted octanol–water partition coefficient (Wildman–Crippen LogP) is 2.75. The molecule has 2 heterocycles. The number of aryl methyl sites for hydroxylation is 1. The molecule has 0 unspecified atom stereocenters. The van der Waals surface area contributed by atoms with Crippen LogP contribution < -0.4 is 5.32 Å². The summed E-state index contributed by atoms with van der Waals surface area (Å²) in [5, 5.41) is 7.42. The minimum Gasteiger partial charge on any atom is -0.372 e. The van der Waals surface area contributed by atoms with Crippen LogP contribution in [0.15, 0.2) is 42.6 Å². The molecule has 2 aromatic heterocycles. The lowest BCUT2D eigenvalue weighted by atomic mass is 10.1. The van der Waals surface area contributed by atoms with E-state index in [9.17, 15) is 0 Å². The van der Waals surface area contributed by atoms with Crippen molar-refractivity contribution in [2.45, 2.75) is 6.92 Å². The molecule has 0 spiro atoms. The third-order valence-corrected chi connectivity index (χ3v) is 2.89. The summed E-state index contributed by atoms with van der Waals surface area (Å²) in [5.74, 6) is 0.829. The maximum atomic E-state index is 4.57. The second-order valence-corrected chi connectivity index (χ2v) is 4.27. The van der Waals surface area contributed by atoms with Crippen LogP contribution in [0.4, 0.5) is 5.82 Å². The molecular weight excluding hydrogens is 224 g/mol. The molecule has 0 saturated carbocycles. The molecule has 4 nitrogen and oxygen atoms in total. The molecule has 1 N–H and O–H groups in total. The number of nitrogens with zero attached hydrogens (tertiary/aromatic N) is 3. The number of nitrogens with one attached hydrogen (secondary N) is 1. The molecule has 0 aliphatic heterocycles. The Hall–Kier alpha value is -2.36. The van der Waals surface area contributed by atoms with Crippen molar-refractivity contribution in [3.63, 3.8) is 0 Å². The fourth-order valence-electron chi connectivity index (χ4n) is 1.96. The van der Waals surface area contributed by atoms with Crippen molar-refractivity contribution < 1.29 is 0 Å². The van der Waals surface area contributed by atoms with E-state index in [2.05, 4.69) is 40.5 Å². The van der Waals surface area contributed by atoms with Gasteiger partial charge in [0.15, 0.2) is 5.65 Å². The average Bonchev–Trinajstić information content (AvgIpc) is 2.81. The largest absolute Gasteiger partial charge is 0.372 e. The Morgan fingerprint density at radius 2 is 2.06 bits per heavy atom. The van der Waals surface area contributed by atoms with Crippen LogP contribution in [0.25, 0.3) is 16.9 Å². The van der Waals surface area contributed by atoms with Crippen LogP contribution in [0.5, 0.6) is 0 Å². The first-order chi connectivity index (χ1) is 8.76. The van der Waals surface area contributed by atoms with E-state index in [1.54, 1.807) is 4.52 Å². The molecule has 0 saturated heterocycles. The summed E-state index contributed by atoms with van der Waals surface area (Å²) >= 11 is 0. The molecule has 0 aliphatic rings. The topological polar surface area (TPSA) is 42.2 Å². The summed E-state index contributed by atoms with van der Waals surface area (Å²) in [5.41, 5.74) is 4.14. The SMILES string of the molecule is CNc1ccc2nc(-c3cccc(C)c3)cn2n1. The van der Waals surface area contributed by atoms with Gasteiger partial charge in [-0.05, 0) is 25.1 Å². The number of hydrogen-bond acceptors (Lipinski definition) is 3. The van der Waals surface area contributed by atoms with Crippen LogP contribution >= 0.6 is 0 Å². The normalized spacial score (nSPS) is 10.8. The number of fused-ring (bicyclic) bond motifs is 1. The second kappa shape index (κ2) is 4.14. The molecule has 4 heteroatoms. The van der Waals surface area contributed by atoms with Crippen LogP contribution in [0, 0.1) is 6.92 Å². The van der Waals surface area contributed by atoms with E-state index in [4.69, 9.17) is 0 Å². The Labute approximate surface area is 105 Å². The lowest BCUT2D eigenvalue weighted by Gasteiger charge is -1.97. The highest BCUT2D eigenvalue weighted by molar-refractivity contribution is 5.63. The molecular formula is C14H14N4. The summed E-state index contributed by atoms with van der Waals surface area (Å²) < 4.78 is 1.80. The summed E-state index contributed by atoms with van der Waals surface area (Å²) in [6.45, 7) is 2.08. The first-order valence-corrected chi connectivity index (χ1v) is 5.87. The van der Waals surface area contributed by atoms with Crippen molar-refractivity contribution in [1.29, 1.82) is 0 Å². The first-order valence-electron chi connectivity index (χ1n) is 5.87. The zero-order valence-corrected chi connectivity index (χ0v) is 10.4. The van der Waals surface area contributed by atoms with Crippen molar-refractivity contribution >= 4 is 11.5 Å². The zero-order valence-electron chi connectivity index (χ0n) is 10.4. The highest BCUT2D eigenvalue weighted by Crippen LogP contribution is 2.20. The quantitative estimate of drug-likeness (QED) is 0.746. The molecule has 3 aromatic rings. The summed E-state index contributed by atoms with van der Waals surface area (Å²) in [7, 11) is 1.85. The van der Waals surface area contributed by atoms with Crippen LogP contribution in [0.2, 0.25) is 0 Å². The van der Waals surface area contributed by atoms with Crippen molar-refractivity contribution in [3.8, 4) is 11.3 Å². The number of anilines is 1. The Kier molecular flexibility index (Phi) is 2.48. The molecule has 0 fully saturated rings. The number of aromatic nitrogens is 3. The lowest BCUT2D eigenvalue weighted by molar-refractivity contribution is 0.939. The molecule has 0 radical (unpaired) electrons. The molecule has 0 aliphatic carbocycles. The summed E-state index contributed by atoms with van der Waals surface area (Å²) in [4.78, 5) is 4.57. The summed E-state index contributed by atoms with van der Waals surface area (Å²) in [6.07, 6.45) is 1.95. The standard InChI is InChI=1S/C14H14N4/c1-10-4-3-5-11(8-10)12-9-18-14(16-12)7-6-13(15-2)17-18/h3-9H,1-2H3,(H,15,17). The van der Waals surface area contributed by atoms with Gasteiger partial charge in [0.1, 0.15) is 5.82 Å². The van der Waals surface area contributed by atoms with Crippen molar-refractivity contribution in [3.05, 3.63) is 48.2 Å². The minimum absolute atomic E-state index is 0.829. The van der Waals surface area contributed by atoms with E-state index in [0.717, 1.165) is 22.7 Å². The van der Waals surface area contributed by atoms with Gasteiger partial charge in [-0.15, -0.1) is 5.10 Å². The first kappa shape index (κ1) is 10.8. The number of benzene rings is 1. The fourth-order valence-corrected chi connectivity index (χ4v) is 1.96. The van der Waals surface area contributed by atoms with Crippen molar-refractivity contribution in [2.24, 2.45) is 0 Å². The van der Waals surface area contributed by atoms with Gasteiger partial charge in [0.2, 0.25) is 0 Å². The fraction of sp³-hybridized carbons (Fsp3) is 0.143. The van der Waals surface area contributed by atoms with E-state index in [1.807, 2.05) is 31.4 Å². The maximum absolute atomic E-state index is 4.57. The molecule has 3 rings (SSSR count). The Balaban J connectivity index is 2.13. The van der Waals surface area contributed by atoms with E-state index in [1.165, 1.54) is 5.56 Å². The molecule has 0 bridgehead atoms. The van der Waals surface area contributed by atoms with E-state index in [-0.39, 0.29) is 0 Å². The highest BCUT2D eigenvalue weighted by atomic mass is 15.3. The van der Waals surface area contributed by atoms with Crippen molar-refractivity contribution in [1.82, 2.24) is 14.6 Å². The molecule has 90 valence electrons. The highest BCUT2D eigenvalue weighted by Gasteiger charge is 2.05. The molecule has 0 atom stereocenters. The number of imidazole rings is 1. The van der Waals surface area contributed by atoms with Gasteiger partial charge < -0.3 is 5.32 Å². The Morgan fingerprint density at radius 3 is 2.83 bits per heavy atom. The van der Waals surface area contributed by atoms with Crippen molar-refractivity contribution in [2.75, 3.05) is 12.4 Å². The smallest absolute Gasteiger partial charge is 0.154 e. The molecule has 18 heavy (non-hydrogen) atoms. The van der Waals surface area contributed by atoms with Gasteiger partial charge in [0, 0.05) is 12.6 Å². The van der Waals surface area contributed by atoms with Crippen LogP contribution in [0.1, 0.15) is 5.56 Å². The van der Waals surface area contributed by atoms with Crippen LogP contribution in [-0.4, -0.2) is 21.6 Å². The van der Waals surface area contributed by atoms with Gasteiger partial charge in [-0.1, -0.05) is 23.8 Å². The van der Waals surface area contributed by atoms with E-state index >= 15 is 0 Å². The van der Waals surface area contributed by atoms with Crippen LogP contribution in [-0.2, 0) is 0 Å². The van der Waals surface area contributed by atoms with Gasteiger partial charge >= 0.3 is 0 Å². The third kappa shape index (κ3) is 1.82. The lowest BCUT2D eigenvalue weighted by Crippen LogP contribution is -1.96. The number of rotatable bonds is 2.